The third-order valence-corrected chi connectivity index (χ3v) is 11.0. The molecule has 0 spiro atoms. The fraction of sp³-hybridized carbons (Fsp3) is 0.606. The first-order valence-corrected chi connectivity index (χ1v) is 17.2. The van der Waals surface area contributed by atoms with Crippen molar-refractivity contribution >= 4 is 21.6 Å². The standard InChI is InChI=1S/C33H47FN4O4S/c1-24-7-12-28(30(21-24)35-17-19-38(20-18-35)43(6,40)41)25-13-15-36(16-14-25)31(39)33(34)23-37(32(2,3)4)22-29(33)26-8-10-27(42-5)11-9-26/h7-12,21,25,29H,13-20,22-23H2,1-6H3/t29-,33-/m0/s1. The van der Waals surface area contributed by atoms with E-state index in [2.05, 4.69) is 55.7 Å². The number of amides is 1. The van der Waals surface area contributed by atoms with Crippen LogP contribution in [0.2, 0.25) is 0 Å². The van der Waals surface area contributed by atoms with E-state index in [-0.39, 0.29) is 18.0 Å². The number of nitrogens with zero attached hydrogens (tertiary/aromatic N) is 4. The number of likely N-dealkylation sites (tertiary alicyclic amines) is 2. The number of carbonyl (C=O) groups is 1. The molecule has 3 aliphatic rings. The molecular formula is C33H47FN4O4S. The molecule has 3 saturated heterocycles. The third-order valence-electron chi connectivity index (χ3n) is 9.65. The number of benzene rings is 2. The van der Waals surface area contributed by atoms with Gasteiger partial charge < -0.3 is 14.5 Å². The van der Waals surface area contributed by atoms with Gasteiger partial charge in [-0.05, 0) is 81.3 Å². The summed E-state index contributed by atoms with van der Waals surface area (Å²) in [6.45, 7) is 12.1. The number of hydrogen-bond acceptors (Lipinski definition) is 6. The Hall–Kier alpha value is -2.69. The van der Waals surface area contributed by atoms with Gasteiger partial charge in [0, 0.05) is 69.5 Å². The number of methoxy groups -OCH3 is 1. The number of ether oxygens (including phenoxy) is 1. The molecule has 2 atom stereocenters. The van der Waals surface area contributed by atoms with Crippen LogP contribution in [0.3, 0.4) is 0 Å². The van der Waals surface area contributed by atoms with Crippen LogP contribution >= 0.6 is 0 Å². The van der Waals surface area contributed by atoms with Gasteiger partial charge in [-0.15, -0.1) is 0 Å². The minimum absolute atomic E-state index is 0.0769. The van der Waals surface area contributed by atoms with E-state index < -0.39 is 27.5 Å². The Labute approximate surface area is 256 Å². The van der Waals surface area contributed by atoms with Crippen molar-refractivity contribution in [3.63, 3.8) is 0 Å². The molecule has 2 aromatic rings. The van der Waals surface area contributed by atoms with Gasteiger partial charge in [0.15, 0.2) is 0 Å². The molecule has 43 heavy (non-hydrogen) atoms. The lowest BCUT2D eigenvalue weighted by Crippen LogP contribution is -2.53. The lowest BCUT2D eigenvalue weighted by Gasteiger charge is -2.40. The van der Waals surface area contributed by atoms with Gasteiger partial charge in [-0.1, -0.05) is 24.3 Å². The lowest BCUT2D eigenvalue weighted by atomic mass is 9.83. The summed E-state index contributed by atoms with van der Waals surface area (Å²) < 4.78 is 48.1. The van der Waals surface area contributed by atoms with Crippen molar-refractivity contribution in [2.75, 3.05) is 70.6 Å². The summed E-state index contributed by atoms with van der Waals surface area (Å²) in [6, 6.07) is 14.0. The molecule has 0 radical (unpaired) electrons. The second-order valence-corrected chi connectivity index (χ2v) is 15.5. The number of anilines is 1. The van der Waals surface area contributed by atoms with Gasteiger partial charge in [0.2, 0.25) is 15.7 Å². The van der Waals surface area contributed by atoms with Gasteiger partial charge in [-0.3, -0.25) is 9.69 Å². The van der Waals surface area contributed by atoms with Crippen LogP contribution in [0.15, 0.2) is 42.5 Å². The molecule has 5 rings (SSSR count). The van der Waals surface area contributed by atoms with Crippen LogP contribution in [0.5, 0.6) is 5.75 Å². The first-order valence-electron chi connectivity index (χ1n) is 15.4. The maximum atomic E-state index is 17.2. The smallest absolute Gasteiger partial charge is 0.262 e. The molecule has 10 heteroatoms. The number of rotatable bonds is 6. The summed E-state index contributed by atoms with van der Waals surface area (Å²) >= 11 is 0. The first kappa shape index (κ1) is 31.7. The molecule has 0 saturated carbocycles. The zero-order valence-electron chi connectivity index (χ0n) is 26.5. The van der Waals surface area contributed by atoms with Crippen LogP contribution in [0.1, 0.15) is 62.1 Å². The summed E-state index contributed by atoms with van der Waals surface area (Å²) in [5.41, 5.74) is 2.08. The summed E-state index contributed by atoms with van der Waals surface area (Å²) in [5, 5.41) is 0. The highest BCUT2D eigenvalue weighted by molar-refractivity contribution is 7.88. The van der Waals surface area contributed by atoms with Crippen molar-refractivity contribution in [2.24, 2.45) is 0 Å². The number of aryl methyl sites for hydroxylation is 1. The molecule has 0 aromatic heterocycles. The number of piperazine rings is 1. The molecule has 8 nitrogen and oxygen atoms in total. The van der Waals surface area contributed by atoms with Crippen LogP contribution in [-0.4, -0.2) is 105 Å². The van der Waals surface area contributed by atoms with E-state index >= 15 is 4.39 Å². The quantitative estimate of drug-likeness (QED) is 0.481. The Morgan fingerprint density at radius 2 is 1.60 bits per heavy atom. The van der Waals surface area contributed by atoms with Crippen LogP contribution in [0, 0.1) is 6.92 Å². The van der Waals surface area contributed by atoms with Crippen molar-refractivity contribution in [3.05, 3.63) is 59.2 Å². The molecule has 0 bridgehead atoms. The van der Waals surface area contributed by atoms with Gasteiger partial charge in [-0.25, -0.2) is 12.8 Å². The Morgan fingerprint density at radius 1 is 0.977 bits per heavy atom. The predicted octanol–water partition coefficient (Wildman–Crippen LogP) is 4.40. The average molecular weight is 615 g/mol. The molecule has 1 amide bonds. The Bertz CT molecular complexity index is 1410. The van der Waals surface area contributed by atoms with E-state index in [1.165, 1.54) is 11.8 Å². The van der Waals surface area contributed by atoms with E-state index in [9.17, 15) is 13.2 Å². The topological polar surface area (TPSA) is 73.4 Å². The minimum Gasteiger partial charge on any atom is -0.497 e. The van der Waals surface area contributed by atoms with Crippen molar-refractivity contribution in [1.29, 1.82) is 0 Å². The number of hydrogen-bond donors (Lipinski definition) is 0. The Balaban J connectivity index is 1.32. The van der Waals surface area contributed by atoms with E-state index in [0.29, 0.717) is 51.6 Å². The zero-order valence-corrected chi connectivity index (χ0v) is 27.3. The highest BCUT2D eigenvalue weighted by Gasteiger charge is 2.57. The second kappa shape index (κ2) is 12.0. The molecule has 3 aliphatic heterocycles. The van der Waals surface area contributed by atoms with Crippen LogP contribution < -0.4 is 9.64 Å². The normalized spacial score (nSPS) is 24.9. The molecule has 0 unspecified atom stereocenters. The van der Waals surface area contributed by atoms with Crippen molar-refractivity contribution in [2.45, 2.75) is 63.6 Å². The molecule has 2 aromatic carbocycles. The molecule has 3 heterocycles. The fourth-order valence-corrected chi connectivity index (χ4v) is 7.77. The zero-order chi connectivity index (χ0) is 31.2. The first-order chi connectivity index (χ1) is 20.2. The van der Waals surface area contributed by atoms with E-state index in [1.807, 2.05) is 24.3 Å². The van der Waals surface area contributed by atoms with Crippen LogP contribution in [0.25, 0.3) is 0 Å². The molecule has 0 aliphatic carbocycles. The lowest BCUT2D eigenvalue weighted by molar-refractivity contribution is -0.145. The van der Waals surface area contributed by atoms with Gasteiger partial charge in [0.25, 0.3) is 5.91 Å². The van der Waals surface area contributed by atoms with Gasteiger partial charge in [-0.2, -0.15) is 4.31 Å². The average Bonchev–Trinajstić information content (AvgIpc) is 3.35. The largest absolute Gasteiger partial charge is 0.497 e. The van der Waals surface area contributed by atoms with Crippen molar-refractivity contribution < 1.29 is 22.3 Å². The summed E-state index contributed by atoms with van der Waals surface area (Å²) in [6.07, 6.45) is 2.79. The number of piperidine rings is 1. The molecule has 3 fully saturated rings. The van der Waals surface area contributed by atoms with E-state index in [0.717, 1.165) is 29.7 Å². The van der Waals surface area contributed by atoms with E-state index in [1.54, 1.807) is 16.3 Å². The maximum absolute atomic E-state index is 17.2. The minimum atomic E-state index is -3.20. The maximum Gasteiger partial charge on any atom is 0.262 e. The molecular weight excluding hydrogens is 567 g/mol. The summed E-state index contributed by atoms with van der Waals surface area (Å²) in [5.74, 6) is -0.00748. The highest BCUT2D eigenvalue weighted by Crippen LogP contribution is 2.44. The number of alkyl halides is 1. The predicted molar refractivity (Wildman–Crippen MR) is 169 cm³/mol. The van der Waals surface area contributed by atoms with Gasteiger partial charge in [0.1, 0.15) is 5.75 Å². The fourth-order valence-electron chi connectivity index (χ4n) is 6.94. The molecule has 236 valence electrons. The third kappa shape index (κ3) is 6.56. The van der Waals surface area contributed by atoms with Crippen LogP contribution in [-0.2, 0) is 14.8 Å². The Kier molecular flexibility index (Phi) is 8.86. The number of carbonyl (C=O) groups excluding carboxylic acids is 1. The summed E-state index contributed by atoms with van der Waals surface area (Å²) in [7, 11) is -1.60. The monoisotopic (exact) mass is 614 g/mol. The number of halogens is 1. The van der Waals surface area contributed by atoms with Gasteiger partial charge >= 0.3 is 0 Å². The van der Waals surface area contributed by atoms with Gasteiger partial charge in [0.05, 0.1) is 13.4 Å². The highest BCUT2D eigenvalue weighted by atomic mass is 32.2. The summed E-state index contributed by atoms with van der Waals surface area (Å²) in [4.78, 5) is 20.2. The SMILES string of the molecule is COc1ccc([C@@H]2CN(C(C)(C)C)C[C@@]2(F)C(=O)N2CCC(c3ccc(C)cc3N3CCN(S(C)(=O)=O)CC3)CC2)cc1. The molecule has 0 N–H and O–H groups in total. The number of sulfonamides is 1. The Morgan fingerprint density at radius 3 is 2.16 bits per heavy atom. The van der Waals surface area contributed by atoms with Crippen LogP contribution in [0.4, 0.5) is 10.1 Å². The second-order valence-electron chi connectivity index (χ2n) is 13.5. The van der Waals surface area contributed by atoms with Crippen molar-refractivity contribution in [1.82, 2.24) is 14.1 Å². The van der Waals surface area contributed by atoms with E-state index in [4.69, 9.17) is 4.74 Å². The van der Waals surface area contributed by atoms with Crippen molar-refractivity contribution in [3.8, 4) is 5.75 Å².